The van der Waals surface area contributed by atoms with Gasteiger partial charge >= 0.3 is 0 Å². The maximum Gasteiger partial charge on any atom is 0.255 e. The molecule has 6 nitrogen and oxygen atoms in total. The molecule has 0 unspecified atom stereocenters. The van der Waals surface area contributed by atoms with Crippen LogP contribution in [0.5, 0.6) is 0 Å². The topological polar surface area (TPSA) is 96.5 Å². The van der Waals surface area contributed by atoms with Crippen LogP contribution in [-0.4, -0.2) is 45.5 Å². The number of aliphatic hydroxyl groups is 1. The fraction of sp³-hybridized carbons (Fsp3) is 0.312. The van der Waals surface area contributed by atoms with Crippen molar-refractivity contribution in [2.45, 2.75) is 18.4 Å². The van der Waals surface area contributed by atoms with Crippen molar-refractivity contribution in [2.24, 2.45) is 5.73 Å². The van der Waals surface area contributed by atoms with Gasteiger partial charge in [0.1, 0.15) is 5.82 Å². The van der Waals surface area contributed by atoms with Crippen LogP contribution >= 0.6 is 0 Å². The van der Waals surface area contributed by atoms with Crippen molar-refractivity contribution in [1.82, 2.24) is 9.88 Å². The number of piperidine rings is 1. The standard InChI is InChI=1S/C16H16FN3O3/c17-12-2-3-13-10(7-12)6-11(8-19-13)14(21)20-5-1-4-16(23,9-20)15(18)22/h2-3,6-8,23H,1,4-5,9H2,(H2,18,22)/t16-/m1/s1. The minimum Gasteiger partial charge on any atom is -0.378 e. The van der Waals surface area contributed by atoms with Crippen molar-refractivity contribution >= 4 is 22.7 Å². The third kappa shape index (κ3) is 2.87. The minimum absolute atomic E-state index is 0.150. The summed E-state index contributed by atoms with van der Waals surface area (Å²) in [6.45, 7) is 0.262. The first-order valence-electron chi connectivity index (χ1n) is 7.26. The molecule has 1 fully saturated rings. The van der Waals surface area contributed by atoms with E-state index in [9.17, 15) is 19.1 Å². The lowest BCUT2D eigenvalue weighted by Crippen LogP contribution is -2.57. The first-order chi connectivity index (χ1) is 10.9. The Morgan fingerprint density at radius 2 is 2.13 bits per heavy atom. The van der Waals surface area contributed by atoms with E-state index in [1.54, 1.807) is 6.07 Å². The predicted octanol–water partition coefficient (Wildman–Crippen LogP) is 0.826. The van der Waals surface area contributed by atoms with E-state index in [2.05, 4.69) is 4.98 Å². The molecule has 3 rings (SSSR count). The second-order valence-electron chi connectivity index (χ2n) is 5.79. The normalized spacial score (nSPS) is 21.4. The van der Waals surface area contributed by atoms with Gasteiger partial charge in [-0.15, -0.1) is 0 Å². The van der Waals surface area contributed by atoms with E-state index in [1.807, 2.05) is 0 Å². The maximum absolute atomic E-state index is 13.3. The third-order valence-corrected chi connectivity index (χ3v) is 4.11. The highest BCUT2D eigenvalue weighted by Gasteiger charge is 2.40. The van der Waals surface area contributed by atoms with Crippen LogP contribution in [-0.2, 0) is 4.79 Å². The van der Waals surface area contributed by atoms with Gasteiger partial charge in [-0.25, -0.2) is 4.39 Å². The van der Waals surface area contributed by atoms with E-state index in [4.69, 9.17) is 5.73 Å². The van der Waals surface area contributed by atoms with Crippen LogP contribution in [0.2, 0.25) is 0 Å². The zero-order chi connectivity index (χ0) is 16.6. The van der Waals surface area contributed by atoms with Crippen LogP contribution in [0.25, 0.3) is 10.9 Å². The quantitative estimate of drug-likeness (QED) is 0.857. The Kier molecular flexibility index (Phi) is 3.73. The second-order valence-corrected chi connectivity index (χ2v) is 5.79. The number of carbonyl (C=O) groups excluding carboxylic acids is 2. The molecule has 0 saturated carbocycles. The van der Waals surface area contributed by atoms with Gasteiger partial charge in [0, 0.05) is 18.1 Å². The zero-order valence-electron chi connectivity index (χ0n) is 12.3. The summed E-state index contributed by atoms with van der Waals surface area (Å²) >= 11 is 0. The van der Waals surface area contributed by atoms with Gasteiger partial charge in [0.05, 0.1) is 17.6 Å². The highest BCUT2D eigenvalue weighted by atomic mass is 19.1. The van der Waals surface area contributed by atoms with Crippen molar-refractivity contribution in [2.75, 3.05) is 13.1 Å². The second kappa shape index (κ2) is 5.58. The molecule has 0 radical (unpaired) electrons. The Balaban J connectivity index is 1.89. The molecule has 1 aliphatic heterocycles. The van der Waals surface area contributed by atoms with E-state index in [-0.39, 0.29) is 24.4 Å². The highest BCUT2D eigenvalue weighted by Crippen LogP contribution is 2.23. The molecule has 120 valence electrons. The lowest BCUT2D eigenvalue weighted by Gasteiger charge is -2.37. The summed E-state index contributed by atoms with van der Waals surface area (Å²) in [7, 11) is 0. The number of likely N-dealkylation sites (tertiary alicyclic amines) is 1. The Labute approximate surface area is 131 Å². The third-order valence-electron chi connectivity index (χ3n) is 4.11. The van der Waals surface area contributed by atoms with Crippen molar-refractivity contribution in [3.63, 3.8) is 0 Å². The molecule has 7 heteroatoms. The number of β-amino-alcohol motifs (C(OH)–C–C–N with tert-alkyl or cyclic N) is 1. The summed E-state index contributed by atoms with van der Waals surface area (Å²) in [5, 5.41) is 10.7. The Morgan fingerprint density at radius 1 is 1.35 bits per heavy atom. The molecule has 23 heavy (non-hydrogen) atoms. The van der Waals surface area contributed by atoms with Gasteiger partial charge in [-0.3, -0.25) is 14.6 Å². The van der Waals surface area contributed by atoms with Gasteiger partial charge < -0.3 is 15.7 Å². The summed E-state index contributed by atoms with van der Waals surface area (Å²) in [5.74, 6) is -1.62. The first-order valence-corrected chi connectivity index (χ1v) is 7.26. The molecule has 2 aromatic rings. The highest BCUT2D eigenvalue weighted by molar-refractivity contribution is 5.98. The van der Waals surface area contributed by atoms with E-state index >= 15 is 0 Å². The number of nitrogens with zero attached hydrogens (tertiary/aromatic N) is 2. The molecular weight excluding hydrogens is 301 g/mol. The molecule has 3 N–H and O–H groups in total. The number of hydrogen-bond acceptors (Lipinski definition) is 4. The number of benzene rings is 1. The number of amides is 2. The molecular formula is C16H16FN3O3. The number of primary amides is 1. The van der Waals surface area contributed by atoms with Crippen LogP contribution in [0.1, 0.15) is 23.2 Å². The maximum atomic E-state index is 13.3. The number of rotatable bonds is 2. The molecule has 2 amide bonds. The average Bonchev–Trinajstić information content (AvgIpc) is 2.53. The monoisotopic (exact) mass is 317 g/mol. The van der Waals surface area contributed by atoms with Crippen molar-refractivity contribution in [3.8, 4) is 0 Å². The zero-order valence-corrected chi connectivity index (χ0v) is 12.3. The molecule has 1 aromatic heterocycles. The number of aromatic nitrogens is 1. The van der Waals surface area contributed by atoms with Gasteiger partial charge in [-0.2, -0.15) is 0 Å². The number of fused-ring (bicyclic) bond motifs is 1. The summed E-state index contributed by atoms with van der Waals surface area (Å²) in [6, 6.07) is 5.68. The molecule has 1 aliphatic rings. The average molecular weight is 317 g/mol. The fourth-order valence-corrected chi connectivity index (χ4v) is 2.81. The molecule has 1 saturated heterocycles. The molecule has 1 aromatic carbocycles. The van der Waals surface area contributed by atoms with Crippen molar-refractivity contribution in [3.05, 3.63) is 41.8 Å². The number of pyridine rings is 1. The van der Waals surface area contributed by atoms with Crippen LogP contribution in [0.15, 0.2) is 30.5 Å². The van der Waals surface area contributed by atoms with Gasteiger partial charge in [0.15, 0.2) is 5.60 Å². The van der Waals surface area contributed by atoms with Gasteiger partial charge in [-0.05, 0) is 37.1 Å². The van der Waals surface area contributed by atoms with Gasteiger partial charge in [0.2, 0.25) is 0 Å². The van der Waals surface area contributed by atoms with E-state index in [0.717, 1.165) is 0 Å². The summed E-state index contributed by atoms with van der Waals surface area (Å²) in [6.07, 6.45) is 2.11. The lowest BCUT2D eigenvalue weighted by atomic mass is 9.92. The van der Waals surface area contributed by atoms with Crippen molar-refractivity contribution in [1.29, 1.82) is 0 Å². The van der Waals surface area contributed by atoms with E-state index in [1.165, 1.54) is 29.3 Å². The van der Waals surface area contributed by atoms with Gasteiger partial charge in [-0.1, -0.05) is 0 Å². The number of hydrogen-bond donors (Lipinski definition) is 2. The van der Waals surface area contributed by atoms with Crippen LogP contribution in [0, 0.1) is 5.82 Å². The lowest BCUT2D eigenvalue weighted by molar-refractivity contribution is -0.140. The number of halogens is 1. The Morgan fingerprint density at radius 3 is 2.87 bits per heavy atom. The smallest absolute Gasteiger partial charge is 0.255 e. The van der Waals surface area contributed by atoms with E-state index < -0.39 is 17.3 Å². The molecule has 2 heterocycles. The predicted molar refractivity (Wildman–Crippen MR) is 81.0 cm³/mol. The van der Waals surface area contributed by atoms with Crippen molar-refractivity contribution < 1.29 is 19.1 Å². The minimum atomic E-state index is -1.70. The van der Waals surface area contributed by atoms with Crippen LogP contribution in [0.3, 0.4) is 0 Å². The molecule has 0 aliphatic carbocycles. The van der Waals surface area contributed by atoms with Gasteiger partial charge in [0.25, 0.3) is 11.8 Å². The summed E-state index contributed by atoms with van der Waals surface area (Å²) < 4.78 is 13.3. The largest absolute Gasteiger partial charge is 0.378 e. The summed E-state index contributed by atoms with van der Waals surface area (Å²) in [4.78, 5) is 29.5. The Bertz CT molecular complexity index is 795. The molecule has 1 atom stereocenters. The van der Waals surface area contributed by atoms with E-state index in [0.29, 0.717) is 23.9 Å². The molecule has 0 bridgehead atoms. The molecule has 0 spiro atoms. The van der Waals surface area contributed by atoms with Crippen LogP contribution < -0.4 is 5.73 Å². The SMILES string of the molecule is NC(=O)[C@@]1(O)CCCN(C(=O)c2cnc3ccc(F)cc3c2)C1. The first kappa shape index (κ1) is 15.4. The van der Waals surface area contributed by atoms with Crippen LogP contribution in [0.4, 0.5) is 4.39 Å². The number of carbonyl (C=O) groups is 2. The fourth-order valence-electron chi connectivity index (χ4n) is 2.81. The Hall–Kier alpha value is -2.54. The summed E-state index contributed by atoms with van der Waals surface area (Å²) in [5.41, 5.74) is 4.36. The number of nitrogens with two attached hydrogens (primary N) is 1.